The Morgan fingerprint density at radius 2 is 2.06 bits per heavy atom. The number of thioether (sulfide) groups is 1. The molecular formula is C11H16FNO2S2. The van der Waals surface area contributed by atoms with Crippen LogP contribution in [0.25, 0.3) is 0 Å². The van der Waals surface area contributed by atoms with E-state index in [1.807, 2.05) is 6.92 Å². The maximum Gasteiger partial charge on any atom is 0.151 e. The van der Waals surface area contributed by atoms with E-state index in [-0.39, 0.29) is 17.2 Å². The molecule has 1 aromatic carbocycles. The molecule has 1 aromatic rings. The van der Waals surface area contributed by atoms with Crippen LogP contribution < -0.4 is 5.73 Å². The van der Waals surface area contributed by atoms with Crippen LogP contribution in [0.15, 0.2) is 23.1 Å². The van der Waals surface area contributed by atoms with Crippen LogP contribution in [-0.4, -0.2) is 25.7 Å². The van der Waals surface area contributed by atoms with Gasteiger partial charge in [-0.05, 0) is 24.6 Å². The topological polar surface area (TPSA) is 60.2 Å². The van der Waals surface area contributed by atoms with Crippen molar-refractivity contribution in [2.45, 2.75) is 18.2 Å². The van der Waals surface area contributed by atoms with E-state index in [4.69, 9.17) is 5.73 Å². The van der Waals surface area contributed by atoms with Gasteiger partial charge in [0.1, 0.15) is 5.82 Å². The molecule has 3 nitrogen and oxygen atoms in total. The molecule has 0 aliphatic rings. The third-order valence-electron chi connectivity index (χ3n) is 2.15. The van der Waals surface area contributed by atoms with E-state index >= 15 is 0 Å². The van der Waals surface area contributed by atoms with E-state index in [0.29, 0.717) is 17.1 Å². The number of nitrogen functional groups attached to an aromatic ring is 1. The Hall–Kier alpha value is -0.750. The van der Waals surface area contributed by atoms with E-state index in [9.17, 15) is 12.8 Å². The van der Waals surface area contributed by atoms with Gasteiger partial charge in [-0.2, -0.15) is 0 Å². The highest BCUT2D eigenvalue weighted by Gasteiger charge is 2.09. The lowest BCUT2D eigenvalue weighted by atomic mass is 10.3. The first-order valence-corrected chi connectivity index (χ1v) is 8.13. The normalized spacial score (nSPS) is 11.6. The van der Waals surface area contributed by atoms with Gasteiger partial charge in [0.15, 0.2) is 9.84 Å². The number of hydrogen-bond donors (Lipinski definition) is 1. The molecule has 0 heterocycles. The van der Waals surface area contributed by atoms with Crippen LogP contribution >= 0.6 is 11.8 Å². The Morgan fingerprint density at radius 3 is 2.65 bits per heavy atom. The Kier molecular flexibility index (Phi) is 5.27. The summed E-state index contributed by atoms with van der Waals surface area (Å²) in [6.07, 6.45) is 0.628. The minimum atomic E-state index is -2.96. The Balaban J connectivity index is 2.49. The minimum Gasteiger partial charge on any atom is -0.396 e. The van der Waals surface area contributed by atoms with Gasteiger partial charge in [-0.1, -0.05) is 6.92 Å². The highest BCUT2D eigenvalue weighted by Crippen LogP contribution is 2.22. The predicted molar refractivity (Wildman–Crippen MR) is 70.5 cm³/mol. The monoisotopic (exact) mass is 277 g/mol. The van der Waals surface area contributed by atoms with Crippen LogP contribution in [0.3, 0.4) is 0 Å². The Bertz CT molecular complexity index is 474. The largest absolute Gasteiger partial charge is 0.396 e. The fourth-order valence-corrected chi connectivity index (χ4v) is 4.06. The fourth-order valence-electron chi connectivity index (χ4n) is 1.30. The molecule has 0 aromatic heterocycles. The lowest BCUT2D eigenvalue weighted by molar-refractivity contribution is 0.596. The molecule has 0 saturated carbocycles. The number of sulfone groups is 1. The van der Waals surface area contributed by atoms with Gasteiger partial charge in [-0.3, -0.25) is 0 Å². The zero-order valence-electron chi connectivity index (χ0n) is 9.65. The number of nitrogens with two attached hydrogens (primary N) is 1. The summed E-state index contributed by atoms with van der Waals surface area (Å²) < 4.78 is 36.0. The van der Waals surface area contributed by atoms with Gasteiger partial charge in [0.05, 0.1) is 11.4 Å². The Morgan fingerprint density at radius 1 is 1.35 bits per heavy atom. The lowest BCUT2D eigenvalue weighted by Gasteiger charge is -2.04. The van der Waals surface area contributed by atoms with Crippen molar-refractivity contribution in [3.05, 3.63) is 24.0 Å². The molecule has 0 amide bonds. The molecule has 17 heavy (non-hydrogen) atoms. The summed E-state index contributed by atoms with van der Waals surface area (Å²) in [6, 6.07) is 4.50. The summed E-state index contributed by atoms with van der Waals surface area (Å²) in [7, 11) is -2.96. The molecule has 0 spiro atoms. The highest BCUT2D eigenvalue weighted by atomic mass is 32.2. The van der Waals surface area contributed by atoms with Crippen LogP contribution in [-0.2, 0) is 9.84 Å². The summed E-state index contributed by atoms with van der Waals surface area (Å²) >= 11 is 1.32. The third-order valence-corrected chi connectivity index (χ3v) is 5.26. The fraction of sp³-hybridized carbons (Fsp3) is 0.455. The molecule has 0 saturated heterocycles. The van der Waals surface area contributed by atoms with Gasteiger partial charge in [-0.15, -0.1) is 11.8 Å². The quantitative estimate of drug-likeness (QED) is 0.640. The SMILES string of the molecule is CCCS(=O)(=O)CCSc1ccc(N)c(F)c1. The van der Waals surface area contributed by atoms with Crippen molar-refractivity contribution in [1.82, 2.24) is 0 Å². The van der Waals surface area contributed by atoms with Gasteiger partial charge in [0, 0.05) is 16.4 Å². The molecule has 96 valence electrons. The number of hydrogen-bond acceptors (Lipinski definition) is 4. The van der Waals surface area contributed by atoms with Crippen LogP contribution in [0.2, 0.25) is 0 Å². The first-order chi connectivity index (χ1) is 7.94. The predicted octanol–water partition coefficient (Wildman–Crippen LogP) is 2.32. The van der Waals surface area contributed by atoms with Crippen molar-refractivity contribution < 1.29 is 12.8 Å². The van der Waals surface area contributed by atoms with Crippen molar-refractivity contribution in [3.63, 3.8) is 0 Å². The highest BCUT2D eigenvalue weighted by molar-refractivity contribution is 8.00. The van der Waals surface area contributed by atoms with Crippen LogP contribution in [0.1, 0.15) is 13.3 Å². The zero-order chi connectivity index (χ0) is 12.9. The molecule has 0 unspecified atom stereocenters. The van der Waals surface area contributed by atoms with Gasteiger partial charge in [0.25, 0.3) is 0 Å². The molecule has 0 aliphatic carbocycles. The smallest absolute Gasteiger partial charge is 0.151 e. The van der Waals surface area contributed by atoms with Gasteiger partial charge in [0.2, 0.25) is 0 Å². The average Bonchev–Trinajstić information content (AvgIpc) is 2.23. The summed E-state index contributed by atoms with van der Waals surface area (Å²) in [5.74, 6) is 0.304. The maximum absolute atomic E-state index is 13.1. The van der Waals surface area contributed by atoms with Gasteiger partial charge >= 0.3 is 0 Å². The molecule has 0 atom stereocenters. The molecule has 1 rings (SSSR count). The number of anilines is 1. The standard InChI is InChI=1S/C11H16FNO2S2/c1-2-6-17(14,15)7-5-16-9-3-4-11(13)10(12)8-9/h3-4,8H,2,5-7,13H2,1H3. The van der Waals surface area contributed by atoms with Crippen molar-refractivity contribution in [3.8, 4) is 0 Å². The molecule has 0 aliphatic heterocycles. The van der Waals surface area contributed by atoms with Crippen LogP contribution in [0, 0.1) is 5.82 Å². The van der Waals surface area contributed by atoms with Crippen LogP contribution in [0.4, 0.5) is 10.1 Å². The molecule has 0 fully saturated rings. The lowest BCUT2D eigenvalue weighted by Crippen LogP contribution is -2.12. The van der Waals surface area contributed by atoms with Crippen molar-refractivity contribution >= 4 is 27.3 Å². The second kappa shape index (κ2) is 6.26. The van der Waals surface area contributed by atoms with E-state index < -0.39 is 15.7 Å². The summed E-state index contributed by atoms with van der Waals surface area (Å²) in [6.45, 7) is 1.83. The molecule has 2 N–H and O–H groups in total. The van der Waals surface area contributed by atoms with Gasteiger partial charge in [-0.25, -0.2) is 12.8 Å². The van der Waals surface area contributed by atoms with Gasteiger partial charge < -0.3 is 5.73 Å². The molecular weight excluding hydrogens is 261 g/mol. The van der Waals surface area contributed by atoms with E-state index in [0.717, 1.165) is 0 Å². The van der Waals surface area contributed by atoms with Crippen LogP contribution in [0.5, 0.6) is 0 Å². The average molecular weight is 277 g/mol. The number of halogens is 1. The van der Waals surface area contributed by atoms with E-state index in [1.165, 1.54) is 23.9 Å². The molecule has 0 radical (unpaired) electrons. The third kappa shape index (κ3) is 4.95. The minimum absolute atomic E-state index is 0.105. The summed E-state index contributed by atoms with van der Waals surface area (Å²) in [5.41, 5.74) is 5.45. The zero-order valence-corrected chi connectivity index (χ0v) is 11.3. The van der Waals surface area contributed by atoms with E-state index in [2.05, 4.69) is 0 Å². The maximum atomic E-state index is 13.1. The second-order valence-electron chi connectivity index (χ2n) is 3.68. The van der Waals surface area contributed by atoms with Crippen molar-refractivity contribution in [2.75, 3.05) is 23.0 Å². The number of rotatable bonds is 6. The Labute approximate surface area is 106 Å². The van der Waals surface area contributed by atoms with E-state index in [1.54, 1.807) is 6.07 Å². The second-order valence-corrected chi connectivity index (χ2v) is 7.16. The van der Waals surface area contributed by atoms with Crippen molar-refractivity contribution in [1.29, 1.82) is 0 Å². The van der Waals surface area contributed by atoms with Crippen molar-refractivity contribution in [2.24, 2.45) is 0 Å². The molecule has 0 bridgehead atoms. The summed E-state index contributed by atoms with van der Waals surface area (Å²) in [4.78, 5) is 0.698. The first kappa shape index (κ1) is 14.3. The molecule has 6 heteroatoms. The first-order valence-electron chi connectivity index (χ1n) is 5.33. The number of benzene rings is 1. The summed E-state index contributed by atoms with van der Waals surface area (Å²) in [5, 5.41) is 0.